The molecule has 1 rings (SSSR count). The molecule has 0 saturated carbocycles. The first-order valence-electron chi connectivity index (χ1n) is 11.3. The summed E-state index contributed by atoms with van der Waals surface area (Å²) < 4.78 is 0. The van der Waals surface area contributed by atoms with E-state index in [9.17, 15) is 39.3 Å². The Kier molecular flexibility index (Phi) is 13.2. The van der Waals surface area contributed by atoms with Crippen molar-refractivity contribution in [2.45, 2.75) is 18.2 Å². The zero-order valence-electron chi connectivity index (χ0n) is 20.8. The first-order chi connectivity index (χ1) is 18.2. The van der Waals surface area contributed by atoms with E-state index in [-0.39, 0.29) is 19.5 Å². The third-order valence-corrected chi connectivity index (χ3v) is 5.62. The van der Waals surface area contributed by atoms with Crippen molar-refractivity contribution in [3.8, 4) is 0 Å². The summed E-state index contributed by atoms with van der Waals surface area (Å²) in [5.74, 6) is -6.88. The molecule has 0 radical (unpaired) electrons. The number of carboxylic acids is 5. The van der Waals surface area contributed by atoms with Crippen LogP contribution in [0.4, 0.5) is 0 Å². The number of carbonyl (C=O) groups is 5. The molecule has 0 fully saturated rings. The Labute approximate surface area is 228 Å². The van der Waals surface area contributed by atoms with Gasteiger partial charge in [-0.15, -0.1) is 0 Å². The van der Waals surface area contributed by atoms with Crippen LogP contribution in [0.3, 0.4) is 0 Å². The standard InChI is InChI=1S/C22H32N6O10S/c23-20(27(11-17(33)34)7-6-26(9-15(29)30)10-16(31)32)22(25-21(24)39,8-14-4-2-1-3-5-14)28(12-18(35)36)13-19(37)38/h1-5,20H,6-13,23H2,(H,29,30)(H,31,32)(H,33,34)(H,35,36)(H,37,38)(H3,24,25,39). The van der Waals surface area contributed by atoms with Gasteiger partial charge in [0.05, 0.1) is 38.9 Å². The molecule has 0 aromatic heterocycles. The summed E-state index contributed by atoms with van der Waals surface area (Å²) in [7, 11) is 0. The van der Waals surface area contributed by atoms with Crippen molar-refractivity contribution in [2.24, 2.45) is 11.5 Å². The molecule has 1 aromatic rings. The van der Waals surface area contributed by atoms with Gasteiger partial charge in [-0.05, 0) is 17.8 Å². The quantitative estimate of drug-likeness (QED) is 0.0622. The lowest BCUT2D eigenvalue weighted by Crippen LogP contribution is -2.76. The van der Waals surface area contributed by atoms with Crippen molar-refractivity contribution in [3.05, 3.63) is 35.9 Å². The van der Waals surface area contributed by atoms with Crippen molar-refractivity contribution in [2.75, 3.05) is 45.8 Å². The lowest BCUT2D eigenvalue weighted by atomic mass is 9.93. The Morgan fingerprint density at radius 2 is 1.26 bits per heavy atom. The van der Waals surface area contributed by atoms with E-state index < -0.39 is 79.5 Å². The zero-order valence-corrected chi connectivity index (χ0v) is 21.6. The maximum atomic E-state index is 11.8. The van der Waals surface area contributed by atoms with Crippen LogP contribution in [-0.2, 0) is 30.4 Å². The lowest BCUT2D eigenvalue weighted by Gasteiger charge is -2.50. The smallest absolute Gasteiger partial charge is 0.317 e. The number of aliphatic carboxylic acids is 5. The summed E-state index contributed by atoms with van der Waals surface area (Å²) in [5.41, 5.74) is 11.0. The van der Waals surface area contributed by atoms with Crippen molar-refractivity contribution < 1.29 is 49.5 Å². The highest BCUT2D eigenvalue weighted by atomic mass is 32.1. The van der Waals surface area contributed by atoms with Crippen LogP contribution in [0.2, 0.25) is 0 Å². The molecule has 0 aliphatic carbocycles. The van der Waals surface area contributed by atoms with E-state index in [0.717, 1.165) is 14.7 Å². The number of nitrogens with two attached hydrogens (primary N) is 2. The fourth-order valence-corrected chi connectivity index (χ4v) is 4.22. The second-order valence-corrected chi connectivity index (χ2v) is 8.97. The average Bonchev–Trinajstić information content (AvgIpc) is 2.79. The summed E-state index contributed by atoms with van der Waals surface area (Å²) in [5, 5.41) is 49.3. The molecule has 0 heterocycles. The van der Waals surface area contributed by atoms with E-state index in [2.05, 4.69) is 5.32 Å². The molecule has 0 saturated heterocycles. The predicted molar refractivity (Wildman–Crippen MR) is 139 cm³/mol. The molecule has 0 spiro atoms. The predicted octanol–water partition coefficient (Wildman–Crippen LogP) is -2.63. The second kappa shape index (κ2) is 15.5. The van der Waals surface area contributed by atoms with Crippen LogP contribution in [0.15, 0.2) is 30.3 Å². The van der Waals surface area contributed by atoms with Gasteiger partial charge < -0.3 is 42.3 Å². The van der Waals surface area contributed by atoms with E-state index >= 15 is 0 Å². The van der Waals surface area contributed by atoms with Gasteiger partial charge in [-0.25, -0.2) is 0 Å². The number of nitrogens with zero attached hydrogens (tertiary/aromatic N) is 3. The Morgan fingerprint density at radius 1 is 0.795 bits per heavy atom. The minimum atomic E-state index is -1.91. The monoisotopic (exact) mass is 572 g/mol. The fourth-order valence-electron chi connectivity index (χ4n) is 4.04. The normalized spacial score (nSPS) is 13.5. The summed E-state index contributed by atoms with van der Waals surface area (Å²) in [6.45, 7) is -4.43. The third kappa shape index (κ3) is 11.6. The number of rotatable bonds is 19. The molecule has 2 atom stereocenters. The zero-order chi connectivity index (χ0) is 29.8. The molecule has 1 aromatic carbocycles. The van der Waals surface area contributed by atoms with Gasteiger partial charge in [0.1, 0.15) is 5.66 Å². The van der Waals surface area contributed by atoms with E-state index in [4.69, 9.17) is 33.9 Å². The van der Waals surface area contributed by atoms with E-state index in [1.54, 1.807) is 30.3 Å². The van der Waals surface area contributed by atoms with E-state index in [1.165, 1.54) is 0 Å². The van der Waals surface area contributed by atoms with Gasteiger partial charge >= 0.3 is 29.8 Å². The number of thiocarbonyl (C=S) groups is 1. The van der Waals surface area contributed by atoms with Gasteiger partial charge in [0.25, 0.3) is 0 Å². The van der Waals surface area contributed by atoms with Crippen molar-refractivity contribution in [1.82, 2.24) is 20.0 Å². The van der Waals surface area contributed by atoms with Crippen molar-refractivity contribution in [3.63, 3.8) is 0 Å². The molecule has 0 bridgehead atoms. The molecule has 16 nitrogen and oxygen atoms in total. The SMILES string of the molecule is NC(=S)NC(Cc1ccccc1)(C(N)N(CCN(CC(=O)O)CC(=O)O)CC(=O)O)N(CC(=O)O)CC(=O)O. The number of benzene rings is 1. The van der Waals surface area contributed by atoms with Gasteiger partial charge in [-0.3, -0.25) is 38.7 Å². The van der Waals surface area contributed by atoms with Crippen molar-refractivity contribution in [1.29, 1.82) is 0 Å². The first kappa shape index (κ1) is 33.1. The molecule has 0 aliphatic rings. The summed E-state index contributed by atoms with van der Waals surface area (Å²) in [4.78, 5) is 60.8. The number of carboxylic acid groups (broad SMARTS) is 5. The van der Waals surface area contributed by atoms with Gasteiger partial charge in [0.15, 0.2) is 5.11 Å². The average molecular weight is 573 g/mol. The molecular weight excluding hydrogens is 540 g/mol. The maximum absolute atomic E-state index is 11.8. The molecule has 39 heavy (non-hydrogen) atoms. The van der Waals surface area contributed by atoms with Gasteiger partial charge in [0.2, 0.25) is 0 Å². The van der Waals surface area contributed by atoms with Crippen LogP contribution < -0.4 is 16.8 Å². The highest BCUT2D eigenvalue weighted by Crippen LogP contribution is 2.25. The second-order valence-electron chi connectivity index (χ2n) is 8.53. The largest absolute Gasteiger partial charge is 0.480 e. The first-order valence-corrected chi connectivity index (χ1v) is 11.7. The van der Waals surface area contributed by atoms with E-state index in [0.29, 0.717) is 5.56 Å². The third-order valence-electron chi connectivity index (χ3n) is 5.51. The molecule has 10 N–H and O–H groups in total. The highest BCUT2D eigenvalue weighted by molar-refractivity contribution is 7.80. The lowest BCUT2D eigenvalue weighted by molar-refractivity contribution is -0.150. The minimum absolute atomic E-state index is 0.197. The summed E-state index contributed by atoms with van der Waals surface area (Å²) >= 11 is 5.02. The molecule has 2 unspecified atom stereocenters. The van der Waals surface area contributed by atoms with Crippen LogP contribution in [0, 0.1) is 0 Å². The van der Waals surface area contributed by atoms with Crippen LogP contribution in [0.5, 0.6) is 0 Å². The Balaban J connectivity index is 3.68. The molecule has 17 heteroatoms. The topological polar surface area (TPSA) is 260 Å². The Bertz CT molecular complexity index is 1010. The van der Waals surface area contributed by atoms with Crippen LogP contribution in [0.25, 0.3) is 0 Å². The number of hydrogen-bond acceptors (Lipinski definition) is 10. The molecule has 0 amide bonds. The summed E-state index contributed by atoms with van der Waals surface area (Å²) in [6, 6.07) is 8.32. The maximum Gasteiger partial charge on any atom is 0.317 e. The fraction of sp³-hybridized carbons (Fsp3) is 0.455. The molecular formula is C22H32N6O10S. The van der Waals surface area contributed by atoms with Gasteiger partial charge in [0, 0.05) is 19.5 Å². The molecule has 0 aliphatic heterocycles. The molecule has 216 valence electrons. The van der Waals surface area contributed by atoms with Crippen LogP contribution in [0.1, 0.15) is 5.56 Å². The van der Waals surface area contributed by atoms with E-state index in [1.807, 2.05) is 0 Å². The van der Waals surface area contributed by atoms with Crippen LogP contribution in [-0.4, -0.2) is 133 Å². The number of hydrogen-bond donors (Lipinski definition) is 8. The number of nitrogens with one attached hydrogen (secondary N) is 1. The minimum Gasteiger partial charge on any atom is -0.480 e. The highest BCUT2D eigenvalue weighted by Gasteiger charge is 2.47. The van der Waals surface area contributed by atoms with Gasteiger partial charge in [-0.1, -0.05) is 30.3 Å². The van der Waals surface area contributed by atoms with Crippen LogP contribution >= 0.6 is 12.2 Å². The Morgan fingerprint density at radius 3 is 1.67 bits per heavy atom. The van der Waals surface area contributed by atoms with Gasteiger partial charge in [-0.2, -0.15) is 0 Å². The Hall–Kier alpha value is -3.90. The van der Waals surface area contributed by atoms with Crippen molar-refractivity contribution >= 4 is 47.2 Å². The summed E-state index contributed by atoms with van der Waals surface area (Å²) in [6.07, 6.45) is -1.72.